The van der Waals surface area contributed by atoms with Gasteiger partial charge in [0.1, 0.15) is 0 Å². The van der Waals surface area contributed by atoms with Gasteiger partial charge in [0, 0.05) is 9.92 Å². The summed E-state index contributed by atoms with van der Waals surface area (Å²) in [7, 11) is 0. The quantitative estimate of drug-likeness (QED) is 0.603. The van der Waals surface area contributed by atoms with Crippen LogP contribution in [0.3, 0.4) is 0 Å². The smallest absolute Gasteiger partial charge is 0.0448 e. The minimum absolute atomic E-state index is 0.870. The molecule has 1 aromatic carbocycles. The number of rotatable bonds is 1. The van der Waals surface area contributed by atoms with Gasteiger partial charge >= 0.3 is 0 Å². The van der Waals surface area contributed by atoms with E-state index in [1.54, 1.807) is 11.8 Å². The van der Waals surface area contributed by atoms with Gasteiger partial charge in [-0.3, -0.25) is 0 Å². The number of thioether (sulfide) groups is 1. The third-order valence-corrected chi connectivity index (χ3v) is 2.92. The summed E-state index contributed by atoms with van der Waals surface area (Å²) in [6.07, 6.45) is 2.07. The molecule has 1 aromatic rings. The molecule has 0 bridgehead atoms. The maximum absolute atomic E-state index is 5.98. The summed E-state index contributed by atoms with van der Waals surface area (Å²) >= 11 is 7.72. The lowest BCUT2D eigenvalue weighted by molar-refractivity contribution is 1.26. The highest BCUT2D eigenvalue weighted by Crippen LogP contribution is 2.27. The average Bonchev–Trinajstić information content (AvgIpc) is 1.96. The summed E-state index contributed by atoms with van der Waals surface area (Å²) in [4.78, 5) is 1.27. The predicted molar refractivity (Wildman–Crippen MR) is 52.7 cm³/mol. The van der Waals surface area contributed by atoms with Crippen LogP contribution in [0.15, 0.2) is 17.0 Å². The Balaban J connectivity index is 3.24. The van der Waals surface area contributed by atoms with E-state index in [4.69, 9.17) is 11.6 Å². The van der Waals surface area contributed by atoms with Gasteiger partial charge in [-0.2, -0.15) is 0 Å². The van der Waals surface area contributed by atoms with Crippen molar-refractivity contribution in [1.82, 2.24) is 0 Å². The van der Waals surface area contributed by atoms with Crippen LogP contribution >= 0.6 is 23.4 Å². The molecule has 0 amide bonds. The third-order valence-electron chi connectivity index (χ3n) is 1.66. The molecule has 0 fully saturated rings. The maximum atomic E-state index is 5.98. The van der Waals surface area contributed by atoms with Crippen LogP contribution in [0.1, 0.15) is 11.1 Å². The number of halogens is 1. The molecule has 0 saturated heterocycles. The largest absolute Gasteiger partial charge is 0.129 e. The molecule has 0 aliphatic rings. The van der Waals surface area contributed by atoms with Gasteiger partial charge in [-0.25, -0.2) is 0 Å². The van der Waals surface area contributed by atoms with E-state index in [1.807, 2.05) is 13.0 Å². The Morgan fingerprint density at radius 2 is 1.91 bits per heavy atom. The number of hydrogen-bond acceptors (Lipinski definition) is 1. The zero-order chi connectivity index (χ0) is 8.43. The minimum atomic E-state index is 0.870. The second kappa shape index (κ2) is 3.51. The summed E-state index contributed by atoms with van der Waals surface area (Å²) < 4.78 is 0. The van der Waals surface area contributed by atoms with Crippen molar-refractivity contribution in [2.24, 2.45) is 0 Å². The molecule has 0 atom stereocenters. The van der Waals surface area contributed by atoms with Crippen molar-refractivity contribution in [2.75, 3.05) is 6.26 Å². The fraction of sp³-hybridized carbons (Fsp3) is 0.333. The van der Waals surface area contributed by atoms with Crippen molar-refractivity contribution < 1.29 is 0 Å². The van der Waals surface area contributed by atoms with Crippen LogP contribution in [0.25, 0.3) is 0 Å². The van der Waals surface area contributed by atoms with Gasteiger partial charge in [-0.15, -0.1) is 11.8 Å². The minimum Gasteiger partial charge on any atom is -0.129 e. The van der Waals surface area contributed by atoms with Gasteiger partial charge in [-0.1, -0.05) is 11.6 Å². The van der Waals surface area contributed by atoms with Crippen molar-refractivity contribution in [2.45, 2.75) is 18.7 Å². The molecule has 0 aromatic heterocycles. The van der Waals surface area contributed by atoms with E-state index in [2.05, 4.69) is 19.2 Å². The second-order valence-corrected chi connectivity index (χ2v) is 3.83. The Morgan fingerprint density at radius 1 is 1.27 bits per heavy atom. The van der Waals surface area contributed by atoms with Crippen molar-refractivity contribution in [3.8, 4) is 0 Å². The zero-order valence-corrected chi connectivity index (χ0v) is 8.51. The SMILES string of the molecule is CSc1cc(C)cc(Cl)c1C. The molecule has 11 heavy (non-hydrogen) atoms. The fourth-order valence-corrected chi connectivity index (χ4v) is 2.04. The van der Waals surface area contributed by atoms with Crippen LogP contribution in [0.5, 0.6) is 0 Å². The van der Waals surface area contributed by atoms with E-state index in [0.29, 0.717) is 0 Å². The first-order valence-corrected chi connectivity index (χ1v) is 5.06. The van der Waals surface area contributed by atoms with E-state index < -0.39 is 0 Å². The molecule has 1 rings (SSSR count). The lowest BCUT2D eigenvalue weighted by Crippen LogP contribution is -1.82. The highest BCUT2D eigenvalue weighted by molar-refractivity contribution is 7.98. The highest BCUT2D eigenvalue weighted by Gasteiger charge is 2.01. The van der Waals surface area contributed by atoms with Crippen LogP contribution in [0.2, 0.25) is 5.02 Å². The summed E-state index contributed by atoms with van der Waals surface area (Å²) in [5, 5.41) is 0.870. The molecular formula is C9H11ClS. The Hall–Kier alpha value is -0.140. The standard InChI is InChI=1S/C9H11ClS/c1-6-4-8(10)7(2)9(5-6)11-3/h4-5H,1-3H3. The summed E-state index contributed by atoms with van der Waals surface area (Å²) in [6, 6.07) is 4.16. The van der Waals surface area contributed by atoms with Crippen LogP contribution in [0, 0.1) is 13.8 Å². The Bertz CT molecular complexity index is 269. The van der Waals surface area contributed by atoms with E-state index in [0.717, 1.165) is 5.02 Å². The van der Waals surface area contributed by atoms with E-state index >= 15 is 0 Å². The molecule has 0 N–H and O–H groups in total. The average molecular weight is 187 g/mol. The highest BCUT2D eigenvalue weighted by atomic mass is 35.5. The van der Waals surface area contributed by atoms with E-state index in [1.165, 1.54) is 16.0 Å². The Kier molecular flexibility index (Phi) is 2.85. The van der Waals surface area contributed by atoms with Gasteiger partial charge in [-0.05, 0) is 43.4 Å². The van der Waals surface area contributed by atoms with E-state index in [-0.39, 0.29) is 0 Å². The molecular weight excluding hydrogens is 176 g/mol. The monoisotopic (exact) mass is 186 g/mol. The molecule has 0 unspecified atom stereocenters. The summed E-state index contributed by atoms with van der Waals surface area (Å²) in [5.74, 6) is 0. The number of benzene rings is 1. The van der Waals surface area contributed by atoms with Crippen LogP contribution in [0.4, 0.5) is 0 Å². The molecule has 0 aliphatic carbocycles. The predicted octanol–water partition coefficient (Wildman–Crippen LogP) is 3.68. The van der Waals surface area contributed by atoms with Crippen molar-refractivity contribution in [1.29, 1.82) is 0 Å². The lowest BCUT2D eigenvalue weighted by atomic mass is 10.2. The van der Waals surface area contributed by atoms with Crippen LogP contribution in [-0.2, 0) is 0 Å². The van der Waals surface area contributed by atoms with Crippen molar-refractivity contribution in [3.63, 3.8) is 0 Å². The first kappa shape index (κ1) is 8.95. The summed E-state index contributed by atoms with van der Waals surface area (Å²) in [6.45, 7) is 4.11. The topological polar surface area (TPSA) is 0 Å². The third kappa shape index (κ3) is 1.91. The molecule has 2 heteroatoms. The second-order valence-electron chi connectivity index (χ2n) is 2.57. The molecule has 0 aliphatic heterocycles. The van der Waals surface area contributed by atoms with Crippen LogP contribution in [-0.4, -0.2) is 6.26 Å². The normalized spacial score (nSPS) is 10.2. The zero-order valence-electron chi connectivity index (χ0n) is 6.94. The molecule has 60 valence electrons. The Labute approximate surface area is 77.0 Å². The van der Waals surface area contributed by atoms with Gasteiger partial charge in [0.15, 0.2) is 0 Å². The van der Waals surface area contributed by atoms with Gasteiger partial charge in [0.05, 0.1) is 0 Å². The molecule has 0 spiro atoms. The maximum Gasteiger partial charge on any atom is 0.0448 e. The molecule has 0 radical (unpaired) electrons. The van der Waals surface area contributed by atoms with E-state index in [9.17, 15) is 0 Å². The number of hydrogen-bond donors (Lipinski definition) is 0. The Morgan fingerprint density at radius 3 is 2.45 bits per heavy atom. The summed E-state index contributed by atoms with van der Waals surface area (Å²) in [5.41, 5.74) is 2.41. The lowest BCUT2D eigenvalue weighted by Gasteiger charge is -2.05. The first-order chi connectivity index (χ1) is 5.15. The van der Waals surface area contributed by atoms with Gasteiger partial charge in [0.2, 0.25) is 0 Å². The van der Waals surface area contributed by atoms with Gasteiger partial charge in [0.25, 0.3) is 0 Å². The number of aryl methyl sites for hydroxylation is 1. The van der Waals surface area contributed by atoms with Crippen molar-refractivity contribution >= 4 is 23.4 Å². The van der Waals surface area contributed by atoms with Gasteiger partial charge < -0.3 is 0 Å². The fourth-order valence-electron chi connectivity index (χ4n) is 0.995. The molecule has 0 heterocycles. The first-order valence-electron chi connectivity index (χ1n) is 3.46. The van der Waals surface area contributed by atoms with Crippen molar-refractivity contribution in [3.05, 3.63) is 28.3 Å². The molecule has 0 nitrogen and oxygen atoms in total. The van der Waals surface area contributed by atoms with Crippen LogP contribution < -0.4 is 0 Å². The molecule has 0 saturated carbocycles.